The third kappa shape index (κ3) is 5.75. The molecule has 1 fully saturated rings. The Hall–Kier alpha value is -2.49. The van der Waals surface area contributed by atoms with E-state index in [9.17, 15) is 8.42 Å². The lowest BCUT2D eigenvalue weighted by atomic mass is 10.0. The highest BCUT2D eigenvalue weighted by atomic mass is 32.2. The summed E-state index contributed by atoms with van der Waals surface area (Å²) in [6, 6.07) is 14.8. The first-order valence-electron chi connectivity index (χ1n) is 8.87. The summed E-state index contributed by atoms with van der Waals surface area (Å²) in [6.07, 6.45) is 0. The first kappa shape index (κ1) is 21.8. The van der Waals surface area contributed by atoms with E-state index in [1.807, 2.05) is 0 Å². The number of piperazine rings is 1. The number of aliphatic carboxylic acids is 2. The number of hydrogen-bond acceptors (Lipinski definition) is 5. The second kappa shape index (κ2) is 9.63. The molecule has 0 saturated carbocycles. The van der Waals surface area contributed by atoms with Crippen LogP contribution in [0.15, 0.2) is 42.5 Å². The lowest BCUT2D eigenvalue weighted by molar-refractivity contribution is -0.159. The molecule has 2 N–H and O–H groups in total. The minimum Gasteiger partial charge on any atom is -0.473 e. The van der Waals surface area contributed by atoms with E-state index in [1.165, 1.54) is 16.3 Å². The number of hydrogen-bond donors (Lipinski definition) is 2. The molecular formula is C19H24N2O6S. The van der Waals surface area contributed by atoms with Gasteiger partial charge in [-0.1, -0.05) is 42.5 Å². The zero-order valence-electron chi connectivity index (χ0n) is 15.6. The molecule has 0 aromatic heterocycles. The summed E-state index contributed by atoms with van der Waals surface area (Å²) in [6.45, 7) is 5.37. The van der Waals surface area contributed by atoms with Gasteiger partial charge in [0.25, 0.3) is 0 Å². The van der Waals surface area contributed by atoms with Crippen molar-refractivity contribution in [3.05, 3.63) is 48.0 Å². The van der Waals surface area contributed by atoms with E-state index < -0.39 is 22.0 Å². The molecule has 3 rings (SSSR count). The van der Waals surface area contributed by atoms with Crippen molar-refractivity contribution in [2.24, 2.45) is 0 Å². The van der Waals surface area contributed by atoms with Crippen molar-refractivity contribution in [1.82, 2.24) is 9.21 Å². The fraction of sp³-hybridized carbons (Fsp3) is 0.368. The topological polar surface area (TPSA) is 115 Å². The smallest absolute Gasteiger partial charge is 0.414 e. The van der Waals surface area contributed by atoms with Crippen LogP contribution in [0.3, 0.4) is 0 Å². The van der Waals surface area contributed by atoms with E-state index in [2.05, 4.69) is 47.4 Å². The second-order valence-corrected chi connectivity index (χ2v) is 8.58. The maximum Gasteiger partial charge on any atom is 0.414 e. The quantitative estimate of drug-likeness (QED) is 0.736. The van der Waals surface area contributed by atoms with E-state index >= 15 is 0 Å². The Morgan fingerprint density at radius 1 is 0.929 bits per heavy atom. The fourth-order valence-electron chi connectivity index (χ4n) is 3.02. The zero-order chi connectivity index (χ0) is 20.7. The van der Waals surface area contributed by atoms with Crippen LogP contribution in [0.2, 0.25) is 0 Å². The number of rotatable bonds is 4. The van der Waals surface area contributed by atoms with Crippen LogP contribution < -0.4 is 0 Å². The van der Waals surface area contributed by atoms with Crippen LogP contribution >= 0.6 is 0 Å². The summed E-state index contributed by atoms with van der Waals surface area (Å²) in [5.74, 6) is -3.46. The Morgan fingerprint density at radius 2 is 1.50 bits per heavy atom. The van der Waals surface area contributed by atoms with Crippen LogP contribution in [0.25, 0.3) is 10.8 Å². The van der Waals surface area contributed by atoms with E-state index in [1.54, 1.807) is 11.2 Å². The Kier molecular flexibility index (Phi) is 7.50. The molecule has 0 bridgehead atoms. The maximum atomic E-state index is 11.9. The third-order valence-corrected chi connectivity index (χ3v) is 6.43. The standard InChI is InChI=1S/C17H22N2O2S.C2H2O4/c1-2-22(20,21)19-12-10-18(11-13-19)14-16-8-5-7-15-6-3-4-9-17(15)16;3-1(4)2(5)6/h3-9H,2,10-14H2,1H3;(H,3,4)(H,5,6). The Morgan fingerprint density at radius 3 is 2.07 bits per heavy atom. The molecule has 0 radical (unpaired) electrons. The molecule has 8 nitrogen and oxygen atoms in total. The molecule has 0 unspecified atom stereocenters. The van der Waals surface area contributed by atoms with E-state index in [0.29, 0.717) is 13.1 Å². The molecule has 1 heterocycles. The molecule has 28 heavy (non-hydrogen) atoms. The summed E-state index contributed by atoms with van der Waals surface area (Å²) >= 11 is 0. The van der Waals surface area contributed by atoms with E-state index in [-0.39, 0.29) is 5.75 Å². The number of sulfonamides is 1. The number of carboxylic acid groups (broad SMARTS) is 2. The normalized spacial score (nSPS) is 15.6. The maximum absolute atomic E-state index is 11.9. The zero-order valence-corrected chi connectivity index (χ0v) is 16.4. The molecule has 0 aliphatic carbocycles. The minimum atomic E-state index is -3.05. The first-order chi connectivity index (χ1) is 13.2. The largest absolute Gasteiger partial charge is 0.473 e. The van der Waals surface area contributed by atoms with Crippen LogP contribution in [0, 0.1) is 0 Å². The van der Waals surface area contributed by atoms with Crippen molar-refractivity contribution >= 4 is 32.7 Å². The monoisotopic (exact) mass is 408 g/mol. The predicted molar refractivity (Wildman–Crippen MR) is 106 cm³/mol. The van der Waals surface area contributed by atoms with Crippen LogP contribution in [0.5, 0.6) is 0 Å². The van der Waals surface area contributed by atoms with E-state index in [4.69, 9.17) is 19.8 Å². The second-order valence-electron chi connectivity index (χ2n) is 6.32. The lowest BCUT2D eigenvalue weighted by Crippen LogP contribution is -2.48. The van der Waals surface area contributed by atoms with Gasteiger partial charge in [0.2, 0.25) is 10.0 Å². The molecular weight excluding hydrogens is 384 g/mol. The van der Waals surface area contributed by atoms with Crippen molar-refractivity contribution in [3.8, 4) is 0 Å². The summed E-state index contributed by atoms with van der Waals surface area (Å²) in [7, 11) is -3.05. The molecule has 0 spiro atoms. The van der Waals surface area contributed by atoms with E-state index in [0.717, 1.165) is 19.6 Å². The van der Waals surface area contributed by atoms with Gasteiger partial charge in [-0.2, -0.15) is 4.31 Å². The van der Waals surface area contributed by atoms with Crippen LogP contribution in [-0.4, -0.2) is 71.7 Å². The van der Waals surface area contributed by atoms with Gasteiger partial charge in [-0.25, -0.2) is 18.0 Å². The molecule has 152 valence electrons. The van der Waals surface area contributed by atoms with Gasteiger partial charge in [0.05, 0.1) is 5.75 Å². The molecule has 9 heteroatoms. The Labute approximate surface area is 164 Å². The van der Waals surface area contributed by atoms with Gasteiger partial charge >= 0.3 is 11.9 Å². The average Bonchev–Trinajstić information content (AvgIpc) is 2.69. The minimum absolute atomic E-state index is 0.191. The molecule has 0 amide bonds. The first-order valence-corrected chi connectivity index (χ1v) is 10.5. The molecule has 2 aromatic rings. The van der Waals surface area contributed by atoms with Crippen molar-refractivity contribution in [2.45, 2.75) is 13.5 Å². The van der Waals surface area contributed by atoms with Gasteiger partial charge in [-0.15, -0.1) is 0 Å². The van der Waals surface area contributed by atoms with Crippen molar-refractivity contribution in [2.75, 3.05) is 31.9 Å². The van der Waals surface area contributed by atoms with Gasteiger partial charge in [0.15, 0.2) is 0 Å². The van der Waals surface area contributed by atoms with Gasteiger partial charge in [0, 0.05) is 32.7 Å². The van der Waals surface area contributed by atoms with Gasteiger partial charge in [-0.3, -0.25) is 4.90 Å². The molecule has 0 atom stereocenters. The SMILES string of the molecule is CCS(=O)(=O)N1CCN(Cc2cccc3ccccc23)CC1.O=C(O)C(=O)O. The van der Waals surface area contributed by atoms with Crippen molar-refractivity contribution in [3.63, 3.8) is 0 Å². The van der Waals surface area contributed by atoms with Crippen LogP contribution in [-0.2, 0) is 26.2 Å². The third-order valence-electron chi connectivity index (χ3n) is 4.55. The Balaban J connectivity index is 0.000000409. The Bertz CT molecular complexity index is 919. The highest BCUT2D eigenvalue weighted by Gasteiger charge is 2.25. The predicted octanol–water partition coefficient (Wildman–Crippen LogP) is 1.46. The van der Waals surface area contributed by atoms with Gasteiger partial charge in [0.1, 0.15) is 0 Å². The number of nitrogens with zero attached hydrogens (tertiary/aromatic N) is 2. The van der Waals surface area contributed by atoms with Crippen molar-refractivity contribution < 1.29 is 28.2 Å². The van der Waals surface area contributed by atoms with Crippen LogP contribution in [0.4, 0.5) is 0 Å². The number of carboxylic acids is 2. The lowest BCUT2D eigenvalue weighted by Gasteiger charge is -2.34. The molecule has 2 aromatic carbocycles. The highest BCUT2D eigenvalue weighted by Crippen LogP contribution is 2.20. The summed E-state index contributed by atoms with van der Waals surface area (Å²) in [5.41, 5.74) is 1.31. The number of fused-ring (bicyclic) bond motifs is 1. The summed E-state index contributed by atoms with van der Waals surface area (Å²) in [4.78, 5) is 20.5. The molecule has 1 aliphatic heterocycles. The average molecular weight is 408 g/mol. The van der Waals surface area contributed by atoms with Gasteiger partial charge in [-0.05, 0) is 23.3 Å². The molecule has 1 saturated heterocycles. The summed E-state index contributed by atoms with van der Waals surface area (Å²) < 4.78 is 25.4. The number of carbonyl (C=O) groups is 2. The highest BCUT2D eigenvalue weighted by molar-refractivity contribution is 7.89. The van der Waals surface area contributed by atoms with Crippen LogP contribution in [0.1, 0.15) is 12.5 Å². The number of benzene rings is 2. The molecule has 1 aliphatic rings. The van der Waals surface area contributed by atoms with Crippen molar-refractivity contribution in [1.29, 1.82) is 0 Å². The summed E-state index contributed by atoms with van der Waals surface area (Å²) in [5, 5.41) is 17.3. The van der Waals surface area contributed by atoms with Gasteiger partial charge < -0.3 is 10.2 Å². The fourth-order valence-corrected chi connectivity index (χ4v) is 4.10.